The first-order valence-electron chi connectivity index (χ1n) is 8.54. The molecular formula is C20H30V. The van der Waals surface area contributed by atoms with Crippen molar-refractivity contribution in [3.63, 3.8) is 0 Å². The van der Waals surface area contributed by atoms with Gasteiger partial charge in [0.05, 0.1) is 0 Å². The van der Waals surface area contributed by atoms with Gasteiger partial charge in [-0.2, -0.15) is 0 Å². The minimum atomic E-state index is 0. The molecule has 0 N–H and O–H groups in total. The van der Waals surface area contributed by atoms with Gasteiger partial charge in [-0.3, -0.25) is 0 Å². The van der Waals surface area contributed by atoms with Gasteiger partial charge in [-0.1, -0.05) is 81.4 Å². The van der Waals surface area contributed by atoms with Crippen LogP contribution in [-0.2, 0) is 25.0 Å². The Balaban J connectivity index is 0.00000220. The number of allylic oxidation sites excluding steroid dienone is 1. The summed E-state index contributed by atoms with van der Waals surface area (Å²) in [5, 5.41) is 0. The molecule has 1 radical (unpaired) electrons. The first kappa shape index (κ1) is 18.6. The fourth-order valence-electron chi connectivity index (χ4n) is 3.24. The van der Waals surface area contributed by atoms with E-state index in [0.29, 0.717) is 0 Å². The zero-order chi connectivity index (χ0) is 14.2. The van der Waals surface area contributed by atoms with Crippen LogP contribution in [0, 0.1) is 5.92 Å². The first-order chi connectivity index (χ1) is 9.78. The van der Waals surface area contributed by atoms with Gasteiger partial charge in [0.2, 0.25) is 0 Å². The molecule has 1 aliphatic carbocycles. The minimum Gasteiger partial charge on any atom is -0.0730 e. The van der Waals surface area contributed by atoms with Crippen molar-refractivity contribution in [3.05, 3.63) is 41.0 Å². The van der Waals surface area contributed by atoms with Crippen molar-refractivity contribution in [1.29, 1.82) is 0 Å². The van der Waals surface area contributed by atoms with Crippen molar-refractivity contribution in [2.24, 2.45) is 5.92 Å². The second-order valence-electron chi connectivity index (χ2n) is 6.48. The van der Waals surface area contributed by atoms with E-state index in [1.807, 2.05) is 0 Å². The molecule has 0 saturated heterocycles. The van der Waals surface area contributed by atoms with E-state index >= 15 is 0 Å². The third kappa shape index (κ3) is 6.89. The molecule has 1 aromatic carbocycles. The average Bonchev–Trinajstić information content (AvgIpc) is 2.50. The van der Waals surface area contributed by atoms with Crippen LogP contribution in [-0.4, -0.2) is 0 Å². The summed E-state index contributed by atoms with van der Waals surface area (Å²) < 4.78 is 0. The molecule has 0 aromatic heterocycles. The Labute approximate surface area is 143 Å². The van der Waals surface area contributed by atoms with Crippen molar-refractivity contribution in [2.45, 2.75) is 71.6 Å². The summed E-state index contributed by atoms with van der Waals surface area (Å²) >= 11 is 0. The largest absolute Gasteiger partial charge is 0.0730 e. The molecule has 2 rings (SSSR count). The van der Waals surface area contributed by atoms with Gasteiger partial charge in [0.1, 0.15) is 0 Å². The maximum Gasteiger partial charge on any atom is 0 e. The summed E-state index contributed by atoms with van der Waals surface area (Å²) in [6, 6.07) is 9.18. The summed E-state index contributed by atoms with van der Waals surface area (Å²) in [7, 11) is 0. The van der Waals surface area contributed by atoms with Gasteiger partial charge in [-0.25, -0.2) is 0 Å². The van der Waals surface area contributed by atoms with E-state index in [1.54, 1.807) is 0 Å². The maximum atomic E-state index is 2.32. The molecule has 0 atom stereocenters. The Kier molecular flexibility index (Phi) is 9.12. The Morgan fingerprint density at radius 3 is 2.38 bits per heavy atom. The fourth-order valence-corrected chi connectivity index (χ4v) is 3.24. The first-order valence-corrected chi connectivity index (χ1v) is 8.54. The van der Waals surface area contributed by atoms with Crippen LogP contribution in [0.4, 0.5) is 0 Å². The molecule has 115 valence electrons. The zero-order valence-corrected chi connectivity index (χ0v) is 15.2. The van der Waals surface area contributed by atoms with E-state index in [9.17, 15) is 0 Å². The predicted octanol–water partition coefficient (Wildman–Crippen LogP) is 6.40. The molecule has 21 heavy (non-hydrogen) atoms. The Morgan fingerprint density at radius 1 is 1.10 bits per heavy atom. The van der Waals surface area contributed by atoms with E-state index in [0.717, 1.165) is 12.3 Å². The van der Waals surface area contributed by atoms with Crippen molar-refractivity contribution in [2.75, 3.05) is 0 Å². The minimum absolute atomic E-state index is 0. The molecular weight excluding hydrogens is 291 g/mol. The SMILES string of the molecule is CC/C(C)=C/c1ccc(CCCC2CCCCC2)cc1.[V]. The maximum absolute atomic E-state index is 2.32. The summed E-state index contributed by atoms with van der Waals surface area (Å²) in [6.45, 7) is 4.42. The third-order valence-electron chi connectivity index (χ3n) is 4.75. The Morgan fingerprint density at radius 2 is 1.76 bits per heavy atom. The number of hydrogen-bond acceptors (Lipinski definition) is 0. The van der Waals surface area contributed by atoms with Gasteiger partial charge in [0, 0.05) is 18.6 Å². The van der Waals surface area contributed by atoms with Crippen LogP contribution in [0.25, 0.3) is 6.08 Å². The van der Waals surface area contributed by atoms with Crippen LogP contribution < -0.4 is 0 Å². The standard InChI is InChI=1S/C20H30.V/c1-3-17(2)16-20-14-12-19(13-15-20)11-7-10-18-8-5-4-6-9-18;/h12-16,18H,3-11H2,1-2H3;/b17-16+;. The van der Waals surface area contributed by atoms with Gasteiger partial charge in [0.15, 0.2) is 0 Å². The molecule has 1 saturated carbocycles. The molecule has 1 aromatic rings. The third-order valence-corrected chi connectivity index (χ3v) is 4.75. The molecule has 0 nitrogen and oxygen atoms in total. The summed E-state index contributed by atoms with van der Waals surface area (Å²) in [5.41, 5.74) is 4.31. The topological polar surface area (TPSA) is 0 Å². The van der Waals surface area contributed by atoms with Crippen LogP contribution >= 0.6 is 0 Å². The van der Waals surface area contributed by atoms with Gasteiger partial charge < -0.3 is 0 Å². The smallest absolute Gasteiger partial charge is 0 e. The van der Waals surface area contributed by atoms with Gasteiger partial charge in [0.25, 0.3) is 0 Å². The number of hydrogen-bond donors (Lipinski definition) is 0. The van der Waals surface area contributed by atoms with Crippen molar-refractivity contribution in [1.82, 2.24) is 0 Å². The number of rotatable bonds is 6. The van der Waals surface area contributed by atoms with E-state index in [-0.39, 0.29) is 18.6 Å². The Hall–Kier alpha value is -0.456. The van der Waals surface area contributed by atoms with Crippen LogP contribution in [0.3, 0.4) is 0 Å². The zero-order valence-electron chi connectivity index (χ0n) is 13.8. The van der Waals surface area contributed by atoms with Gasteiger partial charge in [-0.05, 0) is 43.2 Å². The molecule has 0 heterocycles. The summed E-state index contributed by atoms with van der Waals surface area (Å²) in [4.78, 5) is 0. The second kappa shape index (κ2) is 10.3. The monoisotopic (exact) mass is 321 g/mol. The fraction of sp³-hybridized carbons (Fsp3) is 0.600. The van der Waals surface area contributed by atoms with Crippen molar-refractivity contribution in [3.8, 4) is 0 Å². The van der Waals surface area contributed by atoms with Crippen LogP contribution in [0.2, 0.25) is 0 Å². The average molecular weight is 321 g/mol. The van der Waals surface area contributed by atoms with E-state index < -0.39 is 0 Å². The summed E-state index contributed by atoms with van der Waals surface area (Å²) in [5.74, 6) is 1.03. The molecule has 0 spiro atoms. The van der Waals surface area contributed by atoms with Gasteiger partial charge >= 0.3 is 0 Å². The number of benzene rings is 1. The van der Waals surface area contributed by atoms with Crippen LogP contribution in [0.5, 0.6) is 0 Å². The van der Waals surface area contributed by atoms with Crippen LogP contribution in [0.15, 0.2) is 29.8 Å². The van der Waals surface area contributed by atoms with E-state index in [1.165, 1.54) is 68.1 Å². The molecule has 0 unspecified atom stereocenters. The molecule has 1 heteroatoms. The molecule has 0 aliphatic heterocycles. The van der Waals surface area contributed by atoms with Crippen molar-refractivity contribution >= 4 is 6.08 Å². The van der Waals surface area contributed by atoms with Crippen molar-refractivity contribution < 1.29 is 18.6 Å². The predicted molar refractivity (Wildman–Crippen MR) is 89.9 cm³/mol. The molecule has 1 aliphatic rings. The van der Waals surface area contributed by atoms with E-state index in [4.69, 9.17) is 0 Å². The molecule has 0 bridgehead atoms. The second-order valence-corrected chi connectivity index (χ2v) is 6.48. The quantitative estimate of drug-likeness (QED) is 0.568. The van der Waals surface area contributed by atoms with E-state index in [2.05, 4.69) is 44.2 Å². The summed E-state index contributed by atoms with van der Waals surface area (Å²) in [6.07, 6.45) is 14.9. The number of aryl methyl sites for hydroxylation is 1. The normalized spacial score (nSPS) is 16.6. The molecule has 1 fully saturated rings. The Bertz CT molecular complexity index is 410. The molecule has 0 amide bonds. The van der Waals surface area contributed by atoms with Gasteiger partial charge in [-0.15, -0.1) is 0 Å². The van der Waals surface area contributed by atoms with Crippen LogP contribution in [0.1, 0.15) is 76.3 Å².